The van der Waals surface area contributed by atoms with Gasteiger partial charge in [-0.25, -0.2) is 9.97 Å². The number of thioether (sulfide) groups is 1. The van der Waals surface area contributed by atoms with Crippen molar-refractivity contribution in [1.29, 1.82) is 5.41 Å². The van der Waals surface area contributed by atoms with E-state index >= 15 is 0 Å². The first-order valence-corrected chi connectivity index (χ1v) is 7.12. The van der Waals surface area contributed by atoms with Crippen molar-refractivity contribution >= 4 is 17.6 Å². The molecule has 5 nitrogen and oxygen atoms in total. The number of benzene rings is 1. The SMILES string of the molecule is Cc1cnc(SCCOc2ccc(C(=N)N)cc2)nc1. The highest BCUT2D eigenvalue weighted by Crippen LogP contribution is 2.15. The van der Waals surface area contributed by atoms with Gasteiger partial charge in [-0.2, -0.15) is 0 Å². The average Bonchev–Trinajstić information content (AvgIpc) is 2.46. The smallest absolute Gasteiger partial charge is 0.187 e. The van der Waals surface area contributed by atoms with Gasteiger partial charge in [0.1, 0.15) is 11.6 Å². The van der Waals surface area contributed by atoms with Gasteiger partial charge in [0.25, 0.3) is 0 Å². The molecule has 0 radical (unpaired) electrons. The number of nitrogen functional groups attached to an aromatic ring is 1. The molecule has 2 rings (SSSR count). The number of nitrogens with zero attached hydrogens (tertiary/aromatic N) is 2. The third kappa shape index (κ3) is 4.24. The number of rotatable bonds is 6. The van der Waals surface area contributed by atoms with Crippen LogP contribution in [0.15, 0.2) is 41.8 Å². The maximum atomic E-state index is 7.30. The van der Waals surface area contributed by atoms with Crippen molar-refractivity contribution in [1.82, 2.24) is 9.97 Å². The first-order chi connectivity index (χ1) is 9.65. The Bertz CT molecular complexity index is 569. The van der Waals surface area contributed by atoms with Crippen molar-refractivity contribution in [2.24, 2.45) is 5.73 Å². The van der Waals surface area contributed by atoms with E-state index in [1.165, 1.54) is 0 Å². The van der Waals surface area contributed by atoms with Crippen LogP contribution >= 0.6 is 11.8 Å². The summed E-state index contributed by atoms with van der Waals surface area (Å²) in [5.41, 5.74) is 7.13. The van der Waals surface area contributed by atoms with Gasteiger partial charge in [0.2, 0.25) is 0 Å². The van der Waals surface area contributed by atoms with Crippen molar-refractivity contribution in [3.05, 3.63) is 47.8 Å². The molecule has 0 aliphatic heterocycles. The third-order valence-electron chi connectivity index (χ3n) is 2.51. The third-order valence-corrected chi connectivity index (χ3v) is 3.35. The normalized spacial score (nSPS) is 10.2. The Morgan fingerprint density at radius 2 is 1.90 bits per heavy atom. The van der Waals surface area contributed by atoms with Gasteiger partial charge >= 0.3 is 0 Å². The predicted molar refractivity (Wildman–Crippen MR) is 80.4 cm³/mol. The van der Waals surface area contributed by atoms with Crippen LogP contribution < -0.4 is 10.5 Å². The monoisotopic (exact) mass is 288 g/mol. The van der Waals surface area contributed by atoms with E-state index in [4.69, 9.17) is 15.9 Å². The number of hydrogen-bond acceptors (Lipinski definition) is 5. The molecule has 1 aromatic heterocycles. The summed E-state index contributed by atoms with van der Waals surface area (Å²) >= 11 is 1.56. The summed E-state index contributed by atoms with van der Waals surface area (Å²) in [4.78, 5) is 8.43. The lowest BCUT2D eigenvalue weighted by Gasteiger charge is -2.06. The molecule has 0 aliphatic carbocycles. The van der Waals surface area contributed by atoms with Crippen molar-refractivity contribution in [3.8, 4) is 5.75 Å². The number of nitrogens with one attached hydrogen (secondary N) is 1. The lowest BCUT2D eigenvalue weighted by atomic mass is 10.2. The van der Waals surface area contributed by atoms with E-state index < -0.39 is 0 Å². The summed E-state index contributed by atoms with van der Waals surface area (Å²) in [6.07, 6.45) is 3.60. The van der Waals surface area contributed by atoms with Crippen LogP contribution in [0.1, 0.15) is 11.1 Å². The molecule has 0 spiro atoms. The van der Waals surface area contributed by atoms with E-state index in [1.807, 2.05) is 19.1 Å². The summed E-state index contributed by atoms with van der Waals surface area (Å²) < 4.78 is 5.60. The molecule has 3 N–H and O–H groups in total. The van der Waals surface area contributed by atoms with Crippen molar-refractivity contribution < 1.29 is 4.74 Å². The molecule has 0 fully saturated rings. The Morgan fingerprint density at radius 3 is 2.50 bits per heavy atom. The molecule has 0 saturated heterocycles. The number of aryl methyl sites for hydroxylation is 1. The summed E-state index contributed by atoms with van der Waals surface area (Å²) in [6, 6.07) is 7.16. The zero-order valence-corrected chi connectivity index (χ0v) is 12.0. The van der Waals surface area contributed by atoms with Crippen LogP contribution in [0.4, 0.5) is 0 Å². The van der Waals surface area contributed by atoms with Gasteiger partial charge < -0.3 is 10.5 Å². The van der Waals surface area contributed by atoms with E-state index in [0.717, 1.165) is 22.2 Å². The summed E-state index contributed by atoms with van der Waals surface area (Å²) in [7, 11) is 0. The lowest BCUT2D eigenvalue weighted by Crippen LogP contribution is -2.10. The summed E-state index contributed by atoms with van der Waals surface area (Å²) in [6.45, 7) is 2.53. The van der Waals surface area contributed by atoms with Crippen LogP contribution in [0.3, 0.4) is 0 Å². The number of nitrogens with two attached hydrogens (primary N) is 1. The van der Waals surface area contributed by atoms with Crippen LogP contribution in [0.25, 0.3) is 0 Å². The fourth-order valence-corrected chi connectivity index (χ4v) is 2.08. The van der Waals surface area contributed by atoms with Crippen molar-refractivity contribution in [3.63, 3.8) is 0 Å². The molecule has 0 amide bonds. The van der Waals surface area contributed by atoms with E-state index in [-0.39, 0.29) is 5.84 Å². The standard InChI is InChI=1S/C14H16N4OS/c1-10-8-17-14(18-9-10)20-7-6-19-12-4-2-11(3-5-12)13(15)16/h2-5,8-9H,6-7H2,1H3,(H3,15,16). The quantitative estimate of drug-likeness (QED) is 0.280. The van der Waals surface area contributed by atoms with E-state index in [9.17, 15) is 0 Å². The zero-order valence-electron chi connectivity index (χ0n) is 11.2. The largest absolute Gasteiger partial charge is 0.493 e. The highest BCUT2D eigenvalue weighted by atomic mass is 32.2. The van der Waals surface area contributed by atoms with Gasteiger partial charge in [0, 0.05) is 23.7 Å². The average molecular weight is 288 g/mol. The second-order valence-corrected chi connectivity index (χ2v) is 5.24. The van der Waals surface area contributed by atoms with Gasteiger partial charge in [0.05, 0.1) is 6.61 Å². The molecule has 20 heavy (non-hydrogen) atoms. The predicted octanol–water partition coefficient (Wildman–Crippen LogP) is 2.24. The van der Waals surface area contributed by atoms with Gasteiger partial charge in [-0.05, 0) is 36.8 Å². The van der Waals surface area contributed by atoms with Crippen LogP contribution in [-0.2, 0) is 0 Å². The molecule has 104 valence electrons. The Balaban J connectivity index is 1.75. The molecule has 1 heterocycles. The maximum absolute atomic E-state index is 7.30. The minimum absolute atomic E-state index is 0.0589. The fraction of sp³-hybridized carbons (Fsp3) is 0.214. The van der Waals surface area contributed by atoms with E-state index in [2.05, 4.69) is 9.97 Å². The molecule has 0 atom stereocenters. The Hall–Kier alpha value is -2.08. The number of ether oxygens (including phenoxy) is 1. The van der Waals surface area contributed by atoms with E-state index in [0.29, 0.717) is 12.2 Å². The Labute approximate surface area is 122 Å². The molecular weight excluding hydrogens is 272 g/mol. The van der Waals surface area contributed by atoms with Gasteiger partial charge in [0.15, 0.2) is 5.16 Å². The molecule has 2 aromatic rings. The Kier molecular flexibility index (Phi) is 4.95. The van der Waals surface area contributed by atoms with Crippen LogP contribution in [-0.4, -0.2) is 28.2 Å². The van der Waals surface area contributed by atoms with Gasteiger partial charge in [-0.3, -0.25) is 5.41 Å². The first kappa shape index (κ1) is 14.3. The molecule has 6 heteroatoms. The molecule has 0 aliphatic rings. The number of amidine groups is 1. The topological polar surface area (TPSA) is 84.9 Å². The molecule has 0 bridgehead atoms. The minimum atomic E-state index is 0.0589. The highest BCUT2D eigenvalue weighted by molar-refractivity contribution is 7.99. The van der Waals surface area contributed by atoms with Gasteiger partial charge in [-0.1, -0.05) is 11.8 Å². The maximum Gasteiger partial charge on any atom is 0.187 e. The molecule has 0 unspecified atom stereocenters. The van der Waals surface area contributed by atoms with Crippen LogP contribution in [0.5, 0.6) is 5.75 Å². The minimum Gasteiger partial charge on any atom is -0.493 e. The first-order valence-electron chi connectivity index (χ1n) is 6.14. The summed E-state index contributed by atoms with van der Waals surface area (Å²) in [5, 5.41) is 8.06. The molecule has 0 saturated carbocycles. The van der Waals surface area contributed by atoms with Crippen LogP contribution in [0, 0.1) is 12.3 Å². The second-order valence-electron chi connectivity index (χ2n) is 4.18. The van der Waals surface area contributed by atoms with Gasteiger partial charge in [-0.15, -0.1) is 0 Å². The van der Waals surface area contributed by atoms with E-state index in [1.54, 1.807) is 36.3 Å². The van der Waals surface area contributed by atoms with Crippen molar-refractivity contribution in [2.45, 2.75) is 12.1 Å². The highest BCUT2D eigenvalue weighted by Gasteiger charge is 2.00. The fourth-order valence-electron chi connectivity index (χ4n) is 1.48. The zero-order chi connectivity index (χ0) is 14.4. The van der Waals surface area contributed by atoms with Crippen molar-refractivity contribution in [2.75, 3.05) is 12.4 Å². The van der Waals surface area contributed by atoms with Crippen LogP contribution in [0.2, 0.25) is 0 Å². The molecule has 1 aromatic carbocycles. The number of aromatic nitrogens is 2. The second kappa shape index (κ2) is 6.91. The lowest BCUT2D eigenvalue weighted by molar-refractivity contribution is 0.344. The Morgan fingerprint density at radius 1 is 1.25 bits per heavy atom. The number of hydrogen-bond donors (Lipinski definition) is 2. The summed E-state index contributed by atoms with van der Waals surface area (Å²) in [5.74, 6) is 1.60. The molecular formula is C14H16N4OS.